The molecule has 1 aliphatic heterocycles. The van der Waals surface area contributed by atoms with Crippen LogP contribution in [0.25, 0.3) is 0 Å². The van der Waals surface area contributed by atoms with Crippen LogP contribution in [0.4, 0.5) is 10.5 Å². The summed E-state index contributed by atoms with van der Waals surface area (Å²) < 4.78 is 4.71. The minimum Gasteiger partial charge on any atom is -0.467 e. The number of nitrogens with zero attached hydrogens (tertiary/aromatic N) is 1. The predicted octanol–water partition coefficient (Wildman–Crippen LogP) is 2.06. The van der Waals surface area contributed by atoms with Gasteiger partial charge < -0.3 is 15.0 Å². The summed E-state index contributed by atoms with van der Waals surface area (Å²) in [6, 6.07) is 5.78. The summed E-state index contributed by atoms with van der Waals surface area (Å²) in [5, 5.41) is 2.73. The van der Waals surface area contributed by atoms with Gasteiger partial charge in [-0.2, -0.15) is 0 Å². The molecule has 0 aromatic heterocycles. The number of likely N-dealkylation sites (tertiary alicyclic amines) is 1. The number of carbonyl (C=O) groups excluding carboxylic acids is 3. The number of hydrogen-bond donors (Lipinski definition) is 1. The van der Waals surface area contributed by atoms with Crippen molar-refractivity contribution in [3.05, 3.63) is 29.8 Å². The highest BCUT2D eigenvalue weighted by atomic mass is 16.5. The van der Waals surface area contributed by atoms with Crippen molar-refractivity contribution in [2.24, 2.45) is 0 Å². The van der Waals surface area contributed by atoms with Crippen molar-refractivity contribution in [3.8, 4) is 0 Å². The molecule has 1 fully saturated rings. The molecule has 6 nitrogen and oxygen atoms in total. The van der Waals surface area contributed by atoms with E-state index in [1.54, 1.807) is 24.3 Å². The molecular formula is C15H18N2O4. The SMILES string of the molecule is COC(=O)C1CCCN1C(=O)Nc1ccc(C(C)=O)cc1. The van der Waals surface area contributed by atoms with Crippen LogP contribution >= 0.6 is 0 Å². The molecule has 1 saturated heterocycles. The van der Waals surface area contributed by atoms with E-state index in [-0.39, 0.29) is 11.8 Å². The van der Waals surface area contributed by atoms with Gasteiger partial charge in [0.15, 0.2) is 5.78 Å². The van der Waals surface area contributed by atoms with Crippen molar-refractivity contribution in [1.29, 1.82) is 0 Å². The summed E-state index contributed by atoms with van der Waals surface area (Å²) in [5.41, 5.74) is 1.17. The number of methoxy groups -OCH3 is 1. The number of ketones is 1. The number of Topliss-reactive ketones (excluding diaryl/α,β-unsaturated/α-hetero) is 1. The van der Waals surface area contributed by atoms with Crippen molar-refractivity contribution in [3.63, 3.8) is 0 Å². The Morgan fingerprint density at radius 1 is 1.24 bits per heavy atom. The monoisotopic (exact) mass is 290 g/mol. The zero-order valence-electron chi connectivity index (χ0n) is 12.1. The Hall–Kier alpha value is -2.37. The van der Waals surface area contributed by atoms with Gasteiger partial charge in [0.25, 0.3) is 0 Å². The van der Waals surface area contributed by atoms with Crippen LogP contribution in [0.3, 0.4) is 0 Å². The maximum atomic E-state index is 12.2. The highest BCUT2D eigenvalue weighted by Crippen LogP contribution is 2.20. The molecular weight excluding hydrogens is 272 g/mol. The van der Waals surface area contributed by atoms with Crippen LogP contribution in [-0.4, -0.2) is 42.4 Å². The summed E-state index contributed by atoms with van der Waals surface area (Å²) in [4.78, 5) is 36.5. The molecule has 6 heteroatoms. The first-order valence-electron chi connectivity index (χ1n) is 6.79. The van der Waals surface area contributed by atoms with E-state index in [1.165, 1.54) is 18.9 Å². The molecule has 0 saturated carbocycles. The van der Waals surface area contributed by atoms with Crippen molar-refractivity contribution < 1.29 is 19.1 Å². The van der Waals surface area contributed by atoms with E-state index in [0.29, 0.717) is 24.2 Å². The highest BCUT2D eigenvalue weighted by Gasteiger charge is 2.34. The first-order valence-corrected chi connectivity index (χ1v) is 6.79. The van der Waals surface area contributed by atoms with Gasteiger partial charge in [-0.05, 0) is 44.0 Å². The summed E-state index contributed by atoms with van der Waals surface area (Å²) in [6.45, 7) is 2.01. The van der Waals surface area contributed by atoms with Crippen LogP contribution in [-0.2, 0) is 9.53 Å². The van der Waals surface area contributed by atoms with Crippen molar-refractivity contribution in [1.82, 2.24) is 4.90 Å². The standard InChI is InChI=1S/C15H18N2O4/c1-10(18)11-5-7-12(8-6-11)16-15(20)17-9-3-4-13(17)14(19)21-2/h5-8,13H,3-4,9H2,1-2H3,(H,16,20). The number of carbonyl (C=O) groups is 3. The maximum Gasteiger partial charge on any atom is 0.328 e. The maximum absolute atomic E-state index is 12.2. The van der Waals surface area contributed by atoms with E-state index in [1.807, 2.05) is 0 Å². The van der Waals surface area contributed by atoms with Gasteiger partial charge in [-0.25, -0.2) is 9.59 Å². The first kappa shape index (κ1) is 15.0. The van der Waals surface area contributed by atoms with Gasteiger partial charge >= 0.3 is 12.0 Å². The normalized spacial score (nSPS) is 17.4. The van der Waals surface area contributed by atoms with Gasteiger partial charge in [-0.1, -0.05) is 0 Å². The predicted molar refractivity (Wildman–Crippen MR) is 77.2 cm³/mol. The summed E-state index contributed by atoms with van der Waals surface area (Å²) in [6.07, 6.45) is 1.39. The van der Waals surface area contributed by atoms with Crippen LogP contribution in [0.2, 0.25) is 0 Å². The van der Waals surface area contributed by atoms with Crippen molar-refractivity contribution >= 4 is 23.5 Å². The Balaban J connectivity index is 2.03. The van der Waals surface area contributed by atoms with E-state index in [4.69, 9.17) is 4.74 Å². The molecule has 1 aromatic rings. The molecule has 0 aliphatic carbocycles. The van der Waals surface area contributed by atoms with Gasteiger partial charge in [0.05, 0.1) is 7.11 Å². The lowest BCUT2D eigenvalue weighted by atomic mass is 10.1. The van der Waals surface area contributed by atoms with E-state index in [0.717, 1.165) is 6.42 Å². The van der Waals surface area contributed by atoms with Crippen LogP contribution in [0.5, 0.6) is 0 Å². The number of benzene rings is 1. The molecule has 2 rings (SSSR count). The fourth-order valence-electron chi connectivity index (χ4n) is 2.37. The lowest BCUT2D eigenvalue weighted by Gasteiger charge is -2.23. The topological polar surface area (TPSA) is 75.7 Å². The van der Waals surface area contributed by atoms with Gasteiger partial charge in [-0.3, -0.25) is 4.79 Å². The minimum absolute atomic E-state index is 0.0295. The van der Waals surface area contributed by atoms with Crippen molar-refractivity contribution in [2.75, 3.05) is 19.0 Å². The quantitative estimate of drug-likeness (QED) is 0.683. The third-order valence-electron chi connectivity index (χ3n) is 3.53. The second-order valence-electron chi connectivity index (χ2n) is 4.94. The number of esters is 1. The van der Waals surface area contributed by atoms with E-state index >= 15 is 0 Å². The molecule has 1 unspecified atom stereocenters. The third kappa shape index (κ3) is 3.39. The Bertz CT molecular complexity index is 553. The number of urea groups is 1. The average Bonchev–Trinajstić information content (AvgIpc) is 2.96. The Labute approximate surface area is 123 Å². The molecule has 1 aromatic carbocycles. The number of ether oxygens (including phenoxy) is 1. The molecule has 1 heterocycles. The second-order valence-corrected chi connectivity index (χ2v) is 4.94. The number of nitrogens with one attached hydrogen (secondary N) is 1. The molecule has 0 bridgehead atoms. The lowest BCUT2D eigenvalue weighted by molar-refractivity contribution is -0.144. The van der Waals surface area contributed by atoms with Gasteiger partial charge in [0, 0.05) is 17.8 Å². The van der Waals surface area contributed by atoms with Gasteiger partial charge in [0.1, 0.15) is 6.04 Å². The van der Waals surface area contributed by atoms with E-state index in [9.17, 15) is 14.4 Å². The highest BCUT2D eigenvalue weighted by molar-refractivity contribution is 5.96. The third-order valence-corrected chi connectivity index (χ3v) is 3.53. The summed E-state index contributed by atoms with van der Waals surface area (Å²) in [5.74, 6) is -0.423. The number of rotatable bonds is 3. The van der Waals surface area contributed by atoms with Crippen LogP contribution < -0.4 is 5.32 Å². The average molecular weight is 290 g/mol. The number of amides is 2. The second kappa shape index (κ2) is 6.39. The Kier molecular flexibility index (Phi) is 4.57. The lowest BCUT2D eigenvalue weighted by Crippen LogP contribution is -2.43. The molecule has 21 heavy (non-hydrogen) atoms. The fraction of sp³-hybridized carbons (Fsp3) is 0.400. The van der Waals surface area contributed by atoms with Gasteiger partial charge in [0.2, 0.25) is 0 Å². The first-order chi connectivity index (χ1) is 10.0. The molecule has 1 atom stereocenters. The molecule has 1 N–H and O–H groups in total. The van der Waals surface area contributed by atoms with Crippen LogP contribution in [0.15, 0.2) is 24.3 Å². The van der Waals surface area contributed by atoms with E-state index < -0.39 is 12.0 Å². The van der Waals surface area contributed by atoms with Crippen molar-refractivity contribution in [2.45, 2.75) is 25.8 Å². The fourth-order valence-corrected chi connectivity index (χ4v) is 2.37. The molecule has 0 spiro atoms. The molecule has 1 aliphatic rings. The zero-order chi connectivity index (χ0) is 15.4. The summed E-state index contributed by atoms with van der Waals surface area (Å²) in [7, 11) is 1.32. The smallest absolute Gasteiger partial charge is 0.328 e. The zero-order valence-corrected chi connectivity index (χ0v) is 12.1. The Morgan fingerprint density at radius 2 is 1.90 bits per heavy atom. The van der Waals surface area contributed by atoms with Gasteiger partial charge in [-0.15, -0.1) is 0 Å². The Morgan fingerprint density at radius 3 is 2.48 bits per heavy atom. The van der Waals surface area contributed by atoms with Crippen LogP contribution in [0.1, 0.15) is 30.1 Å². The summed E-state index contributed by atoms with van der Waals surface area (Å²) >= 11 is 0. The van der Waals surface area contributed by atoms with Crippen LogP contribution in [0, 0.1) is 0 Å². The molecule has 0 radical (unpaired) electrons. The molecule has 2 amide bonds. The molecule has 112 valence electrons. The largest absolute Gasteiger partial charge is 0.467 e. The number of hydrogen-bond acceptors (Lipinski definition) is 4. The van der Waals surface area contributed by atoms with E-state index in [2.05, 4.69) is 5.32 Å². The number of anilines is 1. The minimum atomic E-state index is -0.522.